The first-order chi connectivity index (χ1) is 12.6. The summed E-state index contributed by atoms with van der Waals surface area (Å²) in [5, 5.41) is 22.7. The third-order valence-corrected chi connectivity index (χ3v) is 5.40. The lowest BCUT2D eigenvalue weighted by molar-refractivity contribution is -0.139. The van der Waals surface area contributed by atoms with Crippen molar-refractivity contribution in [3.05, 3.63) is 71.8 Å². The smallest absolute Gasteiger partial charge is 0.321 e. The predicted octanol–water partition coefficient (Wildman–Crippen LogP) is 3.68. The molecule has 4 nitrogen and oxygen atoms in total. The molecule has 2 N–H and O–H groups in total. The maximum absolute atomic E-state index is 11.7. The maximum Gasteiger partial charge on any atom is 0.321 e. The lowest BCUT2D eigenvalue weighted by atomic mass is 9.69. The molecule has 0 spiro atoms. The first kappa shape index (κ1) is 18.2. The second-order valence-electron chi connectivity index (χ2n) is 7.08. The van der Waals surface area contributed by atoms with Gasteiger partial charge in [0.1, 0.15) is 6.04 Å². The number of carbonyl (C=O) groups is 1. The van der Waals surface area contributed by atoms with Crippen LogP contribution in [0, 0.1) is 11.3 Å². The second-order valence-corrected chi connectivity index (χ2v) is 7.08. The van der Waals surface area contributed by atoms with Crippen LogP contribution in [0.2, 0.25) is 0 Å². The number of hydrogen-bond acceptors (Lipinski definition) is 3. The summed E-state index contributed by atoms with van der Waals surface area (Å²) in [4.78, 5) is 11.7. The van der Waals surface area contributed by atoms with Gasteiger partial charge in [0.15, 0.2) is 0 Å². The van der Waals surface area contributed by atoms with E-state index in [0.29, 0.717) is 6.42 Å². The zero-order valence-electron chi connectivity index (χ0n) is 14.8. The van der Waals surface area contributed by atoms with Crippen LogP contribution in [0.15, 0.2) is 60.7 Å². The molecule has 2 aromatic carbocycles. The monoisotopic (exact) mass is 348 g/mol. The van der Waals surface area contributed by atoms with Gasteiger partial charge >= 0.3 is 5.97 Å². The molecule has 0 amide bonds. The minimum atomic E-state index is -0.825. The molecule has 1 aliphatic rings. The Labute approximate surface area is 154 Å². The Hall–Kier alpha value is -2.64. The van der Waals surface area contributed by atoms with E-state index < -0.39 is 17.4 Å². The van der Waals surface area contributed by atoms with Crippen LogP contribution in [0.25, 0.3) is 0 Å². The highest BCUT2D eigenvalue weighted by Gasteiger charge is 2.37. The largest absolute Gasteiger partial charge is 0.480 e. The summed E-state index contributed by atoms with van der Waals surface area (Å²) in [7, 11) is 0. The molecule has 0 radical (unpaired) electrons. The fraction of sp³-hybridized carbons (Fsp3) is 0.364. The number of nitrogens with zero attached hydrogens (tertiary/aromatic N) is 1. The van der Waals surface area contributed by atoms with Gasteiger partial charge < -0.3 is 10.4 Å². The summed E-state index contributed by atoms with van der Waals surface area (Å²) >= 11 is 0. The quantitative estimate of drug-likeness (QED) is 0.835. The average molecular weight is 348 g/mol. The predicted molar refractivity (Wildman–Crippen MR) is 101 cm³/mol. The number of aliphatic carboxylic acids is 1. The van der Waals surface area contributed by atoms with Crippen LogP contribution in [0.5, 0.6) is 0 Å². The minimum absolute atomic E-state index is 0.130. The van der Waals surface area contributed by atoms with E-state index in [1.54, 1.807) is 0 Å². The first-order valence-electron chi connectivity index (χ1n) is 9.12. The molecule has 0 unspecified atom stereocenters. The molecule has 0 saturated heterocycles. The molecule has 3 rings (SSSR count). The highest BCUT2D eigenvalue weighted by Crippen LogP contribution is 2.39. The van der Waals surface area contributed by atoms with Crippen molar-refractivity contribution in [2.75, 3.05) is 0 Å². The molecule has 0 heterocycles. The lowest BCUT2D eigenvalue weighted by Crippen LogP contribution is -2.47. The van der Waals surface area contributed by atoms with E-state index in [1.165, 1.54) is 0 Å². The maximum atomic E-state index is 11.7. The van der Waals surface area contributed by atoms with Crippen molar-refractivity contribution >= 4 is 5.97 Å². The fourth-order valence-corrected chi connectivity index (χ4v) is 3.85. The zero-order chi connectivity index (χ0) is 18.4. The van der Waals surface area contributed by atoms with Crippen LogP contribution < -0.4 is 5.32 Å². The molecule has 1 aliphatic carbocycles. The van der Waals surface area contributed by atoms with Crippen molar-refractivity contribution in [1.29, 1.82) is 5.26 Å². The van der Waals surface area contributed by atoms with Crippen molar-refractivity contribution in [2.24, 2.45) is 0 Å². The van der Waals surface area contributed by atoms with Crippen molar-refractivity contribution < 1.29 is 9.90 Å². The third kappa shape index (κ3) is 4.12. The van der Waals surface area contributed by atoms with E-state index in [2.05, 4.69) is 11.4 Å². The van der Waals surface area contributed by atoms with Gasteiger partial charge in [-0.05, 0) is 43.2 Å². The number of nitriles is 1. The molecule has 0 bridgehead atoms. The number of carboxylic acids is 1. The average Bonchev–Trinajstić information content (AvgIpc) is 2.69. The highest BCUT2D eigenvalue weighted by molar-refractivity contribution is 5.74. The molecule has 1 fully saturated rings. The van der Waals surface area contributed by atoms with Gasteiger partial charge in [-0.3, -0.25) is 4.79 Å². The Bertz CT molecular complexity index is 760. The summed E-state index contributed by atoms with van der Waals surface area (Å²) in [6.07, 6.45) is 3.59. The topological polar surface area (TPSA) is 73.1 Å². The van der Waals surface area contributed by atoms with Crippen molar-refractivity contribution in [3.63, 3.8) is 0 Å². The van der Waals surface area contributed by atoms with Crippen LogP contribution in [-0.2, 0) is 16.6 Å². The highest BCUT2D eigenvalue weighted by atomic mass is 16.4. The van der Waals surface area contributed by atoms with E-state index in [0.717, 1.165) is 36.8 Å². The third-order valence-electron chi connectivity index (χ3n) is 5.40. The van der Waals surface area contributed by atoms with Crippen molar-refractivity contribution in [1.82, 2.24) is 5.32 Å². The SMILES string of the molecule is N#CC1(c2ccccc2)CCC(N[C@@H](Cc2ccccc2)C(=O)O)CC1. The summed E-state index contributed by atoms with van der Waals surface area (Å²) in [6.45, 7) is 0. The Morgan fingerprint density at radius 1 is 1.12 bits per heavy atom. The van der Waals surface area contributed by atoms with Gasteiger partial charge in [-0.2, -0.15) is 5.26 Å². The van der Waals surface area contributed by atoms with Crippen LogP contribution in [0.4, 0.5) is 0 Å². The second kappa shape index (κ2) is 8.16. The van der Waals surface area contributed by atoms with Crippen LogP contribution in [0.3, 0.4) is 0 Å². The first-order valence-corrected chi connectivity index (χ1v) is 9.12. The minimum Gasteiger partial charge on any atom is -0.480 e. The van der Waals surface area contributed by atoms with Gasteiger partial charge in [0.25, 0.3) is 0 Å². The van der Waals surface area contributed by atoms with E-state index in [-0.39, 0.29) is 6.04 Å². The van der Waals surface area contributed by atoms with Crippen molar-refractivity contribution in [2.45, 2.75) is 49.6 Å². The number of benzene rings is 2. The number of carboxylic acid groups (broad SMARTS) is 1. The number of hydrogen-bond donors (Lipinski definition) is 2. The molecule has 0 aromatic heterocycles. The molecule has 4 heteroatoms. The Kier molecular flexibility index (Phi) is 5.70. The lowest BCUT2D eigenvalue weighted by Gasteiger charge is -2.36. The summed E-state index contributed by atoms with van der Waals surface area (Å²) in [6, 6.07) is 21.7. The van der Waals surface area contributed by atoms with Crippen LogP contribution in [0.1, 0.15) is 36.8 Å². The van der Waals surface area contributed by atoms with Crippen LogP contribution >= 0.6 is 0 Å². The van der Waals surface area contributed by atoms with Gasteiger partial charge in [0, 0.05) is 6.04 Å². The van der Waals surface area contributed by atoms with E-state index >= 15 is 0 Å². The number of rotatable bonds is 6. The van der Waals surface area contributed by atoms with Gasteiger partial charge in [-0.25, -0.2) is 0 Å². The molecule has 1 saturated carbocycles. The molecular weight excluding hydrogens is 324 g/mol. The Morgan fingerprint density at radius 2 is 1.69 bits per heavy atom. The normalized spacial score (nSPS) is 23.7. The fourth-order valence-electron chi connectivity index (χ4n) is 3.85. The molecule has 26 heavy (non-hydrogen) atoms. The number of nitrogens with one attached hydrogen (secondary N) is 1. The molecule has 2 aromatic rings. The van der Waals surface area contributed by atoms with Gasteiger partial charge in [-0.15, -0.1) is 0 Å². The summed E-state index contributed by atoms with van der Waals surface area (Å²) in [5.74, 6) is -0.825. The molecule has 134 valence electrons. The van der Waals surface area contributed by atoms with Gasteiger partial charge in [0.05, 0.1) is 11.5 Å². The van der Waals surface area contributed by atoms with E-state index in [4.69, 9.17) is 0 Å². The Balaban J connectivity index is 1.63. The zero-order valence-corrected chi connectivity index (χ0v) is 14.8. The summed E-state index contributed by atoms with van der Waals surface area (Å²) in [5.41, 5.74) is 1.64. The standard InChI is InChI=1S/C22H24N2O2/c23-16-22(18-9-5-2-6-10-18)13-11-19(12-14-22)24-20(21(25)26)15-17-7-3-1-4-8-17/h1-10,19-20,24H,11-15H2,(H,25,26)/t19?,20-,22?/m0/s1. The van der Waals surface area contributed by atoms with Gasteiger partial charge in [0.2, 0.25) is 0 Å². The Morgan fingerprint density at radius 3 is 2.23 bits per heavy atom. The summed E-state index contributed by atoms with van der Waals surface area (Å²) < 4.78 is 0. The molecule has 1 atom stereocenters. The molecular formula is C22H24N2O2. The van der Waals surface area contributed by atoms with E-state index in [9.17, 15) is 15.2 Å². The van der Waals surface area contributed by atoms with Gasteiger partial charge in [-0.1, -0.05) is 60.7 Å². The van der Waals surface area contributed by atoms with E-state index in [1.807, 2.05) is 60.7 Å². The van der Waals surface area contributed by atoms with Crippen molar-refractivity contribution in [3.8, 4) is 6.07 Å². The molecule has 0 aliphatic heterocycles. The van der Waals surface area contributed by atoms with Crippen LogP contribution in [-0.4, -0.2) is 23.2 Å².